The number of carbonyl (C=O) groups excluding carboxylic acids is 1. The molecule has 0 saturated heterocycles. The number of aromatic amines is 1. The quantitative estimate of drug-likeness (QED) is 0.615. The van der Waals surface area contributed by atoms with E-state index >= 15 is 0 Å². The number of amides is 1. The normalized spacial score (nSPS) is 11.6. The van der Waals surface area contributed by atoms with Gasteiger partial charge < -0.3 is 20.5 Å². The van der Waals surface area contributed by atoms with E-state index in [2.05, 4.69) is 15.3 Å². The highest BCUT2D eigenvalue weighted by Crippen LogP contribution is 2.10. The highest BCUT2D eigenvalue weighted by molar-refractivity contribution is 6.05. The van der Waals surface area contributed by atoms with Crippen LogP contribution in [0.25, 0.3) is 0 Å². The van der Waals surface area contributed by atoms with Gasteiger partial charge in [-0.2, -0.15) is 0 Å². The van der Waals surface area contributed by atoms with Crippen LogP contribution in [0, 0.1) is 0 Å². The van der Waals surface area contributed by atoms with Crippen LogP contribution >= 0.6 is 0 Å². The number of carbonyl (C=O) groups is 3. The number of imidazole rings is 1. The second-order valence-electron chi connectivity index (χ2n) is 4.50. The molecule has 1 atom stereocenters. The molecule has 0 unspecified atom stereocenters. The summed E-state index contributed by atoms with van der Waals surface area (Å²) in [5.41, 5.74) is 0.260. The minimum Gasteiger partial charge on any atom is -0.480 e. The summed E-state index contributed by atoms with van der Waals surface area (Å²) in [6.07, 6.45) is 2.86. The van der Waals surface area contributed by atoms with Crippen LogP contribution in [0.3, 0.4) is 0 Å². The number of hydrogen-bond acceptors (Lipinski definition) is 4. The predicted molar refractivity (Wildman–Crippen MR) is 74.6 cm³/mol. The van der Waals surface area contributed by atoms with Crippen molar-refractivity contribution in [1.82, 2.24) is 15.3 Å². The molecule has 2 aromatic rings. The Hall–Kier alpha value is -3.16. The smallest absolute Gasteiger partial charge is 0.336 e. The molecule has 0 bridgehead atoms. The fourth-order valence-corrected chi connectivity index (χ4v) is 1.92. The van der Waals surface area contributed by atoms with Gasteiger partial charge in [0.25, 0.3) is 5.91 Å². The molecule has 0 saturated carbocycles. The van der Waals surface area contributed by atoms with E-state index in [0.29, 0.717) is 5.69 Å². The number of rotatable bonds is 6. The van der Waals surface area contributed by atoms with Crippen molar-refractivity contribution in [3.8, 4) is 0 Å². The van der Waals surface area contributed by atoms with Gasteiger partial charge in [-0.25, -0.2) is 14.6 Å². The lowest BCUT2D eigenvalue weighted by Crippen LogP contribution is -2.42. The highest BCUT2D eigenvalue weighted by atomic mass is 16.4. The van der Waals surface area contributed by atoms with Gasteiger partial charge in [0, 0.05) is 18.3 Å². The van der Waals surface area contributed by atoms with Crippen molar-refractivity contribution < 1.29 is 24.6 Å². The molecule has 0 aliphatic carbocycles. The van der Waals surface area contributed by atoms with Crippen molar-refractivity contribution in [3.05, 3.63) is 53.6 Å². The third kappa shape index (κ3) is 3.48. The van der Waals surface area contributed by atoms with Crippen LogP contribution in [0.15, 0.2) is 36.8 Å². The van der Waals surface area contributed by atoms with Gasteiger partial charge >= 0.3 is 11.9 Å². The van der Waals surface area contributed by atoms with Gasteiger partial charge in [-0.1, -0.05) is 12.1 Å². The van der Waals surface area contributed by atoms with Gasteiger partial charge in [-0.15, -0.1) is 0 Å². The van der Waals surface area contributed by atoms with Crippen LogP contribution in [-0.2, 0) is 11.2 Å². The van der Waals surface area contributed by atoms with Crippen LogP contribution in [0.2, 0.25) is 0 Å². The Balaban J connectivity index is 2.18. The second-order valence-corrected chi connectivity index (χ2v) is 4.50. The van der Waals surface area contributed by atoms with Gasteiger partial charge in [-0.05, 0) is 12.1 Å². The molecule has 1 heterocycles. The van der Waals surface area contributed by atoms with E-state index in [1.165, 1.54) is 36.8 Å². The Kier molecular flexibility index (Phi) is 4.52. The molecule has 0 aliphatic heterocycles. The molecule has 4 N–H and O–H groups in total. The number of carboxylic acid groups (broad SMARTS) is 2. The summed E-state index contributed by atoms with van der Waals surface area (Å²) in [5, 5.41) is 20.6. The van der Waals surface area contributed by atoms with E-state index < -0.39 is 23.9 Å². The average Bonchev–Trinajstić information content (AvgIpc) is 2.99. The number of H-pyrrole nitrogens is 1. The Morgan fingerprint density at radius 1 is 1.18 bits per heavy atom. The van der Waals surface area contributed by atoms with Gasteiger partial charge in [0.2, 0.25) is 0 Å². The molecule has 1 amide bonds. The van der Waals surface area contributed by atoms with E-state index in [1.54, 1.807) is 0 Å². The van der Waals surface area contributed by atoms with Gasteiger partial charge in [0.1, 0.15) is 6.04 Å². The first-order chi connectivity index (χ1) is 10.5. The zero-order chi connectivity index (χ0) is 16.1. The highest BCUT2D eigenvalue weighted by Gasteiger charge is 2.24. The minimum atomic E-state index is -1.26. The fourth-order valence-electron chi connectivity index (χ4n) is 1.92. The molecule has 1 aromatic carbocycles. The van der Waals surface area contributed by atoms with Crippen molar-refractivity contribution in [2.45, 2.75) is 12.5 Å². The average molecular weight is 303 g/mol. The summed E-state index contributed by atoms with van der Waals surface area (Å²) in [4.78, 5) is 41.0. The van der Waals surface area contributed by atoms with Crippen LogP contribution in [0.1, 0.15) is 26.4 Å². The van der Waals surface area contributed by atoms with Crippen LogP contribution in [0.5, 0.6) is 0 Å². The van der Waals surface area contributed by atoms with Crippen molar-refractivity contribution in [1.29, 1.82) is 0 Å². The molecule has 2 rings (SSSR count). The van der Waals surface area contributed by atoms with Crippen LogP contribution in [0.4, 0.5) is 0 Å². The largest absolute Gasteiger partial charge is 0.480 e. The lowest BCUT2D eigenvalue weighted by molar-refractivity contribution is -0.139. The van der Waals surface area contributed by atoms with Crippen molar-refractivity contribution in [2.24, 2.45) is 0 Å². The number of hydrogen-bond donors (Lipinski definition) is 4. The molecule has 22 heavy (non-hydrogen) atoms. The molecule has 0 radical (unpaired) electrons. The molecule has 1 aromatic heterocycles. The monoisotopic (exact) mass is 303 g/mol. The van der Waals surface area contributed by atoms with E-state index in [4.69, 9.17) is 5.11 Å². The number of carboxylic acids is 2. The summed E-state index contributed by atoms with van der Waals surface area (Å²) < 4.78 is 0. The fraction of sp³-hybridized carbons (Fsp3) is 0.143. The van der Waals surface area contributed by atoms with Crippen molar-refractivity contribution in [3.63, 3.8) is 0 Å². The topological polar surface area (TPSA) is 132 Å². The Morgan fingerprint density at radius 3 is 2.41 bits per heavy atom. The Labute approximate surface area is 124 Å². The summed E-state index contributed by atoms with van der Waals surface area (Å²) in [5.74, 6) is -3.24. The molecule has 114 valence electrons. The number of benzene rings is 1. The molecule has 8 heteroatoms. The molecule has 0 fully saturated rings. The standard InChI is InChI=1S/C14H13N3O5/c18-12(9-3-1-2-4-10(9)13(19)20)17-11(14(21)22)5-8-6-15-7-16-8/h1-4,6-7,11H,5H2,(H,15,16)(H,17,18)(H,19,20)(H,21,22)/t11-/m1/s1. The second kappa shape index (κ2) is 6.53. The summed E-state index contributed by atoms with van der Waals surface area (Å²) in [6.45, 7) is 0. The van der Waals surface area contributed by atoms with Crippen molar-refractivity contribution >= 4 is 17.8 Å². The zero-order valence-corrected chi connectivity index (χ0v) is 11.3. The van der Waals surface area contributed by atoms with E-state index in [1.807, 2.05) is 0 Å². The van der Waals surface area contributed by atoms with Gasteiger partial charge in [-0.3, -0.25) is 4.79 Å². The minimum absolute atomic E-state index is 0.0102. The molecule has 8 nitrogen and oxygen atoms in total. The third-order valence-electron chi connectivity index (χ3n) is 2.98. The van der Waals surface area contributed by atoms with Crippen LogP contribution < -0.4 is 5.32 Å². The molecule has 0 spiro atoms. The van der Waals surface area contributed by atoms with E-state index in [0.717, 1.165) is 0 Å². The number of aromatic carboxylic acids is 1. The van der Waals surface area contributed by atoms with Gasteiger partial charge in [0.15, 0.2) is 0 Å². The Morgan fingerprint density at radius 2 is 1.86 bits per heavy atom. The van der Waals surface area contributed by atoms with E-state index in [-0.39, 0.29) is 17.5 Å². The lowest BCUT2D eigenvalue weighted by Gasteiger charge is -2.14. The summed E-state index contributed by atoms with van der Waals surface area (Å²) >= 11 is 0. The maximum absolute atomic E-state index is 12.1. The maximum atomic E-state index is 12.1. The first-order valence-corrected chi connectivity index (χ1v) is 6.32. The Bertz CT molecular complexity index is 696. The number of aliphatic carboxylic acids is 1. The van der Waals surface area contributed by atoms with E-state index in [9.17, 15) is 19.5 Å². The number of aromatic nitrogens is 2. The summed E-state index contributed by atoms with van der Waals surface area (Å²) in [6, 6.07) is 4.40. The molecule has 0 aliphatic rings. The lowest BCUT2D eigenvalue weighted by atomic mass is 10.1. The molecular weight excluding hydrogens is 290 g/mol. The van der Waals surface area contributed by atoms with Crippen molar-refractivity contribution in [2.75, 3.05) is 0 Å². The van der Waals surface area contributed by atoms with Gasteiger partial charge in [0.05, 0.1) is 17.5 Å². The molecular formula is C14H13N3O5. The predicted octanol–water partition coefficient (Wildman–Crippen LogP) is 0.534. The van der Waals surface area contributed by atoms with Crippen LogP contribution in [-0.4, -0.2) is 44.1 Å². The third-order valence-corrected chi connectivity index (χ3v) is 2.98. The maximum Gasteiger partial charge on any atom is 0.336 e. The first-order valence-electron chi connectivity index (χ1n) is 6.32. The first kappa shape index (κ1) is 15.2. The SMILES string of the molecule is O=C(O)c1ccccc1C(=O)N[C@H](Cc1cnc[nH]1)C(=O)O. The number of nitrogens with zero attached hydrogens (tertiary/aromatic N) is 1. The zero-order valence-electron chi connectivity index (χ0n) is 11.3. The summed E-state index contributed by atoms with van der Waals surface area (Å²) in [7, 11) is 0. The number of nitrogens with one attached hydrogen (secondary N) is 2.